The lowest BCUT2D eigenvalue weighted by molar-refractivity contribution is -0.136. The van der Waals surface area contributed by atoms with Crippen LogP contribution in [-0.2, 0) is 9.59 Å². The van der Waals surface area contributed by atoms with Gasteiger partial charge in [0.15, 0.2) is 0 Å². The van der Waals surface area contributed by atoms with Crippen molar-refractivity contribution in [3.8, 4) is 0 Å². The van der Waals surface area contributed by atoms with E-state index in [1.807, 2.05) is 30.3 Å². The van der Waals surface area contributed by atoms with Crippen molar-refractivity contribution >= 4 is 40.7 Å². The number of halogens is 2. The Morgan fingerprint density at radius 2 is 1.68 bits per heavy atom. The highest BCUT2D eigenvalue weighted by Gasteiger charge is 2.18. The molecule has 114 valence electrons. The van der Waals surface area contributed by atoms with Crippen molar-refractivity contribution in [2.24, 2.45) is 0 Å². The first kappa shape index (κ1) is 16.3. The van der Waals surface area contributed by atoms with Crippen LogP contribution >= 0.6 is 23.2 Å². The lowest BCUT2D eigenvalue weighted by atomic mass is 10.1. The fourth-order valence-corrected chi connectivity index (χ4v) is 2.31. The molecule has 0 aliphatic carbocycles. The first-order valence-electron chi connectivity index (χ1n) is 6.59. The van der Waals surface area contributed by atoms with Crippen LogP contribution in [-0.4, -0.2) is 11.8 Å². The molecule has 2 rings (SSSR count). The zero-order valence-corrected chi connectivity index (χ0v) is 13.3. The Balaban J connectivity index is 1.99. The molecule has 6 heteroatoms. The molecule has 0 aliphatic rings. The number of hydrogen-bond acceptors (Lipinski definition) is 2. The van der Waals surface area contributed by atoms with E-state index < -0.39 is 11.8 Å². The summed E-state index contributed by atoms with van der Waals surface area (Å²) in [6, 6.07) is 13.7. The Labute approximate surface area is 138 Å². The predicted molar refractivity (Wildman–Crippen MR) is 88.1 cm³/mol. The molecule has 0 aliphatic heterocycles. The van der Waals surface area contributed by atoms with Gasteiger partial charge in [-0.1, -0.05) is 53.5 Å². The molecule has 0 saturated carbocycles. The monoisotopic (exact) mass is 336 g/mol. The zero-order chi connectivity index (χ0) is 16.1. The van der Waals surface area contributed by atoms with Crippen molar-refractivity contribution in [2.75, 3.05) is 5.32 Å². The molecule has 4 nitrogen and oxygen atoms in total. The van der Waals surface area contributed by atoms with E-state index in [-0.39, 0.29) is 11.1 Å². The first-order valence-corrected chi connectivity index (χ1v) is 7.35. The fraction of sp³-hybridized carbons (Fsp3) is 0.125. The Kier molecular flexibility index (Phi) is 5.41. The van der Waals surface area contributed by atoms with Crippen LogP contribution in [0, 0.1) is 0 Å². The summed E-state index contributed by atoms with van der Waals surface area (Å²) in [6.07, 6.45) is 0. The highest BCUT2D eigenvalue weighted by molar-refractivity contribution is 6.42. The fourth-order valence-electron chi connectivity index (χ4n) is 1.86. The number of rotatable bonds is 3. The summed E-state index contributed by atoms with van der Waals surface area (Å²) in [5, 5.41) is 5.80. The average molecular weight is 337 g/mol. The van der Waals surface area contributed by atoms with Crippen molar-refractivity contribution in [3.63, 3.8) is 0 Å². The number of nitrogens with one attached hydrogen (secondary N) is 2. The zero-order valence-electron chi connectivity index (χ0n) is 11.8. The topological polar surface area (TPSA) is 58.2 Å². The van der Waals surface area contributed by atoms with Gasteiger partial charge in [-0.2, -0.15) is 0 Å². The van der Waals surface area contributed by atoms with Crippen molar-refractivity contribution < 1.29 is 9.59 Å². The maximum Gasteiger partial charge on any atom is 0.313 e. The van der Waals surface area contributed by atoms with E-state index in [0.29, 0.717) is 10.7 Å². The Hall–Kier alpha value is -2.04. The molecule has 0 unspecified atom stereocenters. The summed E-state index contributed by atoms with van der Waals surface area (Å²) in [5.74, 6) is -1.52. The maximum atomic E-state index is 11.9. The molecule has 2 amide bonds. The highest BCUT2D eigenvalue weighted by atomic mass is 35.5. The second kappa shape index (κ2) is 7.29. The second-order valence-electron chi connectivity index (χ2n) is 4.68. The van der Waals surface area contributed by atoms with E-state index in [4.69, 9.17) is 23.2 Å². The van der Waals surface area contributed by atoms with Gasteiger partial charge in [0.2, 0.25) is 0 Å². The molecule has 0 saturated heterocycles. The quantitative estimate of drug-likeness (QED) is 0.837. The van der Waals surface area contributed by atoms with Crippen molar-refractivity contribution in [2.45, 2.75) is 13.0 Å². The Bertz CT molecular complexity index is 690. The van der Waals surface area contributed by atoms with Gasteiger partial charge >= 0.3 is 11.8 Å². The van der Waals surface area contributed by atoms with Crippen LogP contribution in [0.25, 0.3) is 0 Å². The minimum absolute atomic E-state index is 0.268. The van der Waals surface area contributed by atoms with E-state index in [1.165, 1.54) is 12.1 Å². The van der Waals surface area contributed by atoms with Crippen molar-refractivity contribution in [3.05, 3.63) is 64.1 Å². The molecule has 22 heavy (non-hydrogen) atoms. The van der Waals surface area contributed by atoms with Crippen LogP contribution in [0.4, 0.5) is 5.69 Å². The minimum atomic E-state index is -0.785. The third-order valence-electron chi connectivity index (χ3n) is 3.03. The SMILES string of the molecule is C[C@@H](NC(=O)C(=O)Nc1ccc(Cl)cc1Cl)c1ccccc1. The molecule has 2 aromatic carbocycles. The molecule has 0 radical (unpaired) electrons. The molecule has 0 heterocycles. The minimum Gasteiger partial charge on any atom is -0.341 e. The normalized spacial score (nSPS) is 11.6. The van der Waals surface area contributed by atoms with Crippen LogP contribution in [0.5, 0.6) is 0 Å². The molecular formula is C16H14Cl2N2O2. The van der Waals surface area contributed by atoms with Gasteiger partial charge in [0.1, 0.15) is 0 Å². The smallest absolute Gasteiger partial charge is 0.313 e. The van der Waals surface area contributed by atoms with Gasteiger partial charge in [-0.15, -0.1) is 0 Å². The summed E-state index contributed by atoms with van der Waals surface area (Å²) in [6.45, 7) is 1.80. The molecule has 0 fully saturated rings. The predicted octanol–water partition coefficient (Wildman–Crippen LogP) is 3.81. The van der Waals surface area contributed by atoms with Crippen LogP contribution in [0.3, 0.4) is 0 Å². The van der Waals surface area contributed by atoms with Crippen LogP contribution < -0.4 is 10.6 Å². The van der Waals surface area contributed by atoms with Gasteiger partial charge in [-0.3, -0.25) is 9.59 Å². The van der Waals surface area contributed by atoms with Gasteiger partial charge in [0.25, 0.3) is 0 Å². The van der Waals surface area contributed by atoms with Crippen LogP contribution in [0.1, 0.15) is 18.5 Å². The van der Waals surface area contributed by atoms with Crippen molar-refractivity contribution in [1.29, 1.82) is 0 Å². The van der Waals surface area contributed by atoms with Gasteiger partial charge in [0.05, 0.1) is 16.8 Å². The maximum absolute atomic E-state index is 11.9. The van der Waals surface area contributed by atoms with E-state index in [9.17, 15) is 9.59 Å². The third kappa shape index (κ3) is 4.23. The number of hydrogen-bond donors (Lipinski definition) is 2. The third-order valence-corrected chi connectivity index (χ3v) is 3.58. The largest absolute Gasteiger partial charge is 0.341 e. The average Bonchev–Trinajstić information content (AvgIpc) is 2.50. The van der Waals surface area contributed by atoms with Gasteiger partial charge in [0, 0.05) is 5.02 Å². The molecule has 0 spiro atoms. The highest BCUT2D eigenvalue weighted by Crippen LogP contribution is 2.25. The first-order chi connectivity index (χ1) is 10.5. The molecule has 0 aromatic heterocycles. The second-order valence-corrected chi connectivity index (χ2v) is 5.53. The summed E-state index contributed by atoms with van der Waals surface area (Å²) in [4.78, 5) is 23.8. The number of amides is 2. The van der Waals surface area contributed by atoms with E-state index in [1.54, 1.807) is 13.0 Å². The summed E-state index contributed by atoms with van der Waals surface area (Å²) in [7, 11) is 0. The van der Waals surface area contributed by atoms with Gasteiger partial charge in [-0.25, -0.2) is 0 Å². The number of benzene rings is 2. The van der Waals surface area contributed by atoms with Gasteiger partial charge < -0.3 is 10.6 Å². The molecule has 2 N–H and O–H groups in total. The summed E-state index contributed by atoms with van der Waals surface area (Å²) in [5.41, 5.74) is 1.24. The summed E-state index contributed by atoms with van der Waals surface area (Å²) >= 11 is 11.7. The standard InChI is InChI=1S/C16H14Cl2N2O2/c1-10(11-5-3-2-4-6-11)19-15(21)16(22)20-14-8-7-12(17)9-13(14)18/h2-10H,1H3,(H,19,21)(H,20,22)/t10-/m1/s1. The van der Waals surface area contributed by atoms with E-state index in [2.05, 4.69) is 10.6 Å². The lowest BCUT2D eigenvalue weighted by Gasteiger charge is -2.14. The Morgan fingerprint density at radius 1 is 1.00 bits per heavy atom. The number of anilines is 1. The summed E-state index contributed by atoms with van der Waals surface area (Å²) < 4.78 is 0. The van der Waals surface area contributed by atoms with Crippen molar-refractivity contribution in [1.82, 2.24) is 5.32 Å². The molecular weight excluding hydrogens is 323 g/mol. The Morgan fingerprint density at radius 3 is 2.32 bits per heavy atom. The molecule has 0 bridgehead atoms. The number of carbonyl (C=O) groups is 2. The lowest BCUT2D eigenvalue weighted by Crippen LogP contribution is -2.36. The van der Waals surface area contributed by atoms with Crippen LogP contribution in [0.2, 0.25) is 10.0 Å². The van der Waals surface area contributed by atoms with Crippen LogP contribution in [0.15, 0.2) is 48.5 Å². The van der Waals surface area contributed by atoms with Gasteiger partial charge in [-0.05, 0) is 30.7 Å². The van der Waals surface area contributed by atoms with E-state index >= 15 is 0 Å². The number of carbonyl (C=O) groups excluding carboxylic acids is 2. The molecule has 2 aromatic rings. The van der Waals surface area contributed by atoms with E-state index in [0.717, 1.165) is 5.56 Å². The molecule has 1 atom stereocenters.